The second kappa shape index (κ2) is 7.85. The Kier molecular flexibility index (Phi) is 6.80. The summed E-state index contributed by atoms with van der Waals surface area (Å²) >= 11 is 0. The van der Waals surface area contributed by atoms with Gasteiger partial charge in [0.1, 0.15) is 0 Å². The quantitative estimate of drug-likeness (QED) is 0.696. The van der Waals surface area contributed by atoms with E-state index in [1.807, 2.05) is 0 Å². The monoisotopic (exact) mass is 270 g/mol. The molecule has 0 spiro atoms. The molecule has 1 aliphatic rings. The van der Waals surface area contributed by atoms with Crippen LogP contribution in [0.4, 0.5) is 0 Å². The number of amides is 1. The van der Waals surface area contributed by atoms with Crippen LogP contribution in [0, 0.1) is 11.3 Å². The van der Waals surface area contributed by atoms with Crippen molar-refractivity contribution < 1.29 is 9.53 Å². The van der Waals surface area contributed by atoms with E-state index in [1.54, 1.807) is 0 Å². The van der Waals surface area contributed by atoms with Gasteiger partial charge in [0, 0.05) is 13.1 Å². The van der Waals surface area contributed by atoms with Gasteiger partial charge in [-0.05, 0) is 24.7 Å². The Balaban J connectivity index is 2.17. The van der Waals surface area contributed by atoms with E-state index in [2.05, 4.69) is 26.1 Å². The molecule has 19 heavy (non-hydrogen) atoms. The predicted octanol–water partition coefficient (Wildman–Crippen LogP) is 2.07. The molecule has 0 heterocycles. The largest absolute Gasteiger partial charge is 0.376 e. The van der Waals surface area contributed by atoms with E-state index >= 15 is 0 Å². The Labute approximate surface area is 117 Å². The van der Waals surface area contributed by atoms with E-state index in [1.165, 1.54) is 25.7 Å². The molecule has 112 valence electrons. The molecule has 0 saturated heterocycles. The summed E-state index contributed by atoms with van der Waals surface area (Å²) in [6, 6.07) is 0. The summed E-state index contributed by atoms with van der Waals surface area (Å²) in [6.07, 6.45) is 6.12. The van der Waals surface area contributed by atoms with Crippen LogP contribution in [0.2, 0.25) is 0 Å². The molecule has 1 fully saturated rings. The summed E-state index contributed by atoms with van der Waals surface area (Å²) in [6.45, 7) is 8.01. The van der Waals surface area contributed by atoms with E-state index in [0.29, 0.717) is 25.8 Å². The van der Waals surface area contributed by atoms with E-state index in [4.69, 9.17) is 10.5 Å². The topological polar surface area (TPSA) is 64.4 Å². The van der Waals surface area contributed by atoms with Crippen molar-refractivity contribution in [3.8, 4) is 0 Å². The fraction of sp³-hybridized carbons (Fsp3) is 0.933. The van der Waals surface area contributed by atoms with Crippen molar-refractivity contribution in [3.05, 3.63) is 0 Å². The molecule has 1 saturated carbocycles. The third-order valence-corrected chi connectivity index (χ3v) is 3.57. The third kappa shape index (κ3) is 6.92. The first-order chi connectivity index (χ1) is 8.92. The van der Waals surface area contributed by atoms with Crippen LogP contribution in [0.15, 0.2) is 0 Å². The van der Waals surface area contributed by atoms with Crippen LogP contribution >= 0.6 is 0 Å². The highest BCUT2D eigenvalue weighted by atomic mass is 16.5. The van der Waals surface area contributed by atoms with Gasteiger partial charge in [0.2, 0.25) is 5.91 Å². The highest BCUT2D eigenvalue weighted by molar-refractivity contribution is 5.78. The lowest BCUT2D eigenvalue weighted by atomic mass is 9.84. The van der Waals surface area contributed by atoms with Crippen LogP contribution in [0.3, 0.4) is 0 Å². The Morgan fingerprint density at radius 2 is 2.00 bits per heavy atom. The van der Waals surface area contributed by atoms with Crippen LogP contribution in [-0.4, -0.2) is 31.7 Å². The Morgan fingerprint density at radius 3 is 2.53 bits per heavy atom. The highest BCUT2D eigenvalue weighted by Gasteiger charge is 2.23. The number of carbonyl (C=O) groups is 1. The van der Waals surface area contributed by atoms with Gasteiger partial charge < -0.3 is 15.8 Å². The molecule has 1 atom stereocenters. The molecular formula is C15H30N2O2. The van der Waals surface area contributed by atoms with Gasteiger partial charge in [0.25, 0.3) is 0 Å². The summed E-state index contributed by atoms with van der Waals surface area (Å²) in [7, 11) is 0. The van der Waals surface area contributed by atoms with Crippen LogP contribution in [0.25, 0.3) is 0 Å². The van der Waals surface area contributed by atoms with Crippen molar-refractivity contribution in [2.45, 2.75) is 59.0 Å². The second-order valence-corrected chi connectivity index (χ2v) is 6.77. The minimum Gasteiger partial charge on any atom is -0.376 e. The lowest BCUT2D eigenvalue weighted by Crippen LogP contribution is -2.38. The van der Waals surface area contributed by atoms with Gasteiger partial charge in [-0.1, -0.05) is 33.6 Å². The average molecular weight is 270 g/mol. The molecule has 1 amide bonds. The number of rotatable bonds is 7. The molecule has 3 N–H and O–H groups in total. The fourth-order valence-electron chi connectivity index (χ4n) is 2.62. The number of ether oxygens (including phenoxy) is 1. The molecule has 4 nitrogen and oxygen atoms in total. The predicted molar refractivity (Wildman–Crippen MR) is 77.8 cm³/mol. The maximum absolute atomic E-state index is 12.0. The molecule has 1 unspecified atom stereocenters. The first-order valence-electron chi connectivity index (χ1n) is 7.52. The summed E-state index contributed by atoms with van der Waals surface area (Å²) in [5, 5.41) is 2.94. The fourth-order valence-corrected chi connectivity index (χ4v) is 2.62. The molecule has 1 rings (SSSR count). The summed E-state index contributed by atoms with van der Waals surface area (Å²) in [5.41, 5.74) is 5.82. The van der Waals surface area contributed by atoms with Gasteiger partial charge in [-0.25, -0.2) is 0 Å². The number of carbonyl (C=O) groups excluding carboxylic acids is 1. The lowest BCUT2D eigenvalue weighted by Gasteiger charge is -2.24. The first kappa shape index (κ1) is 16.4. The summed E-state index contributed by atoms with van der Waals surface area (Å²) in [4.78, 5) is 12.0. The maximum atomic E-state index is 12.0. The van der Waals surface area contributed by atoms with Crippen molar-refractivity contribution >= 4 is 5.91 Å². The van der Waals surface area contributed by atoms with Crippen molar-refractivity contribution in [2.75, 3.05) is 19.7 Å². The summed E-state index contributed by atoms with van der Waals surface area (Å²) < 4.78 is 5.72. The van der Waals surface area contributed by atoms with Crippen LogP contribution in [-0.2, 0) is 9.53 Å². The van der Waals surface area contributed by atoms with Crippen LogP contribution in [0.5, 0.6) is 0 Å². The minimum atomic E-state index is -0.0912. The van der Waals surface area contributed by atoms with Gasteiger partial charge in [0.05, 0.1) is 18.6 Å². The number of hydrogen-bond acceptors (Lipinski definition) is 3. The van der Waals surface area contributed by atoms with E-state index in [-0.39, 0.29) is 17.2 Å². The summed E-state index contributed by atoms with van der Waals surface area (Å²) in [5.74, 6) is -0.0288. The Hall–Kier alpha value is -0.610. The third-order valence-electron chi connectivity index (χ3n) is 3.57. The molecule has 0 aromatic carbocycles. The van der Waals surface area contributed by atoms with Crippen molar-refractivity contribution in [1.82, 2.24) is 5.32 Å². The molecule has 0 aromatic rings. The molecule has 1 aliphatic carbocycles. The Morgan fingerprint density at radius 1 is 1.37 bits per heavy atom. The van der Waals surface area contributed by atoms with E-state index in [9.17, 15) is 4.79 Å². The molecule has 0 radical (unpaired) electrons. The molecular weight excluding hydrogens is 240 g/mol. The number of nitrogens with one attached hydrogen (secondary N) is 1. The molecule has 0 aromatic heterocycles. The van der Waals surface area contributed by atoms with Gasteiger partial charge in [-0.2, -0.15) is 0 Å². The van der Waals surface area contributed by atoms with E-state index in [0.717, 1.165) is 6.42 Å². The van der Waals surface area contributed by atoms with Crippen molar-refractivity contribution in [1.29, 1.82) is 0 Å². The molecule has 0 aliphatic heterocycles. The second-order valence-electron chi connectivity index (χ2n) is 6.77. The van der Waals surface area contributed by atoms with Crippen molar-refractivity contribution in [2.24, 2.45) is 17.1 Å². The molecule has 4 heteroatoms. The average Bonchev–Trinajstić information content (AvgIpc) is 2.83. The Bertz CT molecular complexity index is 268. The molecule has 0 bridgehead atoms. The smallest absolute Gasteiger partial charge is 0.224 e. The zero-order chi connectivity index (χ0) is 14.3. The maximum Gasteiger partial charge on any atom is 0.224 e. The van der Waals surface area contributed by atoms with Gasteiger partial charge in [-0.15, -0.1) is 0 Å². The minimum absolute atomic E-state index is 0.0625. The van der Waals surface area contributed by atoms with Crippen LogP contribution < -0.4 is 11.1 Å². The van der Waals surface area contributed by atoms with Gasteiger partial charge in [-0.3, -0.25) is 4.79 Å². The zero-order valence-corrected chi connectivity index (χ0v) is 12.7. The van der Waals surface area contributed by atoms with Gasteiger partial charge >= 0.3 is 0 Å². The van der Waals surface area contributed by atoms with Crippen molar-refractivity contribution in [3.63, 3.8) is 0 Å². The van der Waals surface area contributed by atoms with E-state index < -0.39 is 0 Å². The number of hydrogen-bond donors (Lipinski definition) is 2. The normalized spacial score (nSPS) is 18.5. The SMILES string of the molecule is CC(C)(C)CC(CN)C(=O)NCCOC1CCCC1. The zero-order valence-electron chi connectivity index (χ0n) is 12.7. The van der Waals surface area contributed by atoms with Crippen LogP contribution in [0.1, 0.15) is 52.9 Å². The first-order valence-corrected chi connectivity index (χ1v) is 7.52. The van der Waals surface area contributed by atoms with Gasteiger partial charge in [0.15, 0.2) is 0 Å². The highest BCUT2D eigenvalue weighted by Crippen LogP contribution is 2.24. The lowest BCUT2D eigenvalue weighted by molar-refractivity contribution is -0.126. The number of nitrogens with two attached hydrogens (primary N) is 1. The standard InChI is InChI=1S/C15H30N2O2/c1-15(2,3)10-12(11-16)14(18)17-8-9-19-13-6-4-5-7-13/h12-13H,4-11,16H2,1-3H3,(H,17,18).